The van der Waals surface area contributed by atoms with Gasteiger partial charge in [-0.2, -0.15) is 0 Å². The van der Waals surface area contributed by atoms with Crippen LogP contribution in [0.4, 0.5) is 13.9 Å². The highest BCUT2D eigenvalue weighted by molar-refractivity contribution is 7.18. The summed E-state index contributed by atoms with van der Waals surface area (Å²) in [5.41, 5.74) is 0.0162. The molecule has 0 radical (unpaired) electrons. The average molecular weight is 495 g/mol. The molecule has 0 saturated heterocycles. The zero-order valence-electron chi connectivity index (χ0n) is 18.7. The number of aromatic nitrogens is 2. The highest BCUT2D eigenvalue weighted by Crippen LogP contribution is 2.40. The number of nitrogens with one attached hydrogen (secondary N) is 2. The smallest absolute Gasteiger partial charge is 0.252 e. The molecule has 2 aromatic heterocycles. The maximum Gasteiger partial charge on any atom is 0.252 e. The Balaban J connectivity index is 1.57. The molecule has 2 aromatic carbocycles. The van der Waals surface area contributed by atoms with E-state index >= 15 is 0 Å². The second-order valence-corrected chi connectivity index (χ2v) is 8.95. The molecule has 0 aliphatic heterocycles. The number of amides is 2. The summed E-state index contributed by atoms with van der Waals surface area (Å²) in [5.74, 6) is -1.40. The lowest BCUT2D eigenvalue weighted by Crippen LogP contribution is -2.52. The number of anilines is 1. The number of hydrogen-bond acceptors (Lipinski definition) is 6. The molecule has 2 amide bonds. The van der Waals surface area contributed by atoms with Crippen molar-refractivity contribution in [1.82, 2.24) is 15.3 Å². The Labute approximate surface area is 203 Å². The number of nitrogens with zero attached hydrogens (tertiary/aromatic N) is 2. The fourth-order valence-corrected chi connectivity index (χ4v) is 3.85. The first kappa shape index (κ1) is 24.0. The highest BCUT2D eigenvalue weighted by Gasteiger charge is 2.31. The molecule has 178 valence electrons. The number of benzene rings is 2. The van der Waals surface area contributed by atoms with E-state index in [-0.39, 0.29) is 5.13 Å². The summed E-state index contributed by atoms with van der Waals surface area (Å²) in [6, 6.07) is 14.1. The molecule has 4 aromatic rings. The molecule has 35 heavy (non-hydrogen) atoms. The van der Waals surface area contributed by atoms with Gasteiger partial charge in [0.1, 0.15) is 28.6 Å². The molecule has 0 saturated carbocycles. The van der Waals surface area contributed by atoms with Crippen LogP contribution in [0.15, 0.2) is 73.1 Å². The van der Waals surface area contributed by atoms with E-state index in [1.54, 1.807) is 13.8 Å². The highest BCUT2D eigenvalue weighted by atomic mass is 32.1. The van der Waals surface area contributed by atoms with Crippen LogP contribution in [0.2, 0.25) is 0 Å². The zero-order valence-corrected chi connectivity index (χ0v) is 19.5. The minimum Gasteiger partial charge on any atom is -0.444 e. The first-order valence-electron chi connectivity index (χ1n) is 10.5. The van der Waals surface area contributed by atoms with Crippen molar-refractivity contribution < 1.29 is 23.1 Å². The number of rotatable bonds is 7. The summed E-state index contributed by atoms with van der Waals surface area (Å²) in [5, 5.41) is 5.91. The molecule has 10 heteroatoms. The van der Waals surface area contributed by atoms with Gasteiger partial charge in [0, 0.05) is 23.5 Å². The van der Waals surface area contributed by atoms with Crippen LogP contribution in [-0.4, -0.2) is 27.3 Å². The first-order valence-corrected chi connectivity index (χ1v) is 11.3. The Morgan fingerprint density at radius 1 is 0.914 bits per heavy atom. The molecule has 2 heterocycles. The molecule has 0 unspecified atom stereocenters. The molecule has 4 rings (SSSR count). The molecule has 2 N–H and O–H groups in total. The third kappa shape index (κ3) is 5.85. The van der Waals surface area contributed by atoms with Gasteiger partial charge in [0.2, 0.25) is 5.06 Å². The predicted molar refractivity (Wildman–Crippen MR) is 128 cm³/mol. The summed E-state index contributed by atoms with van der Waals surface area (Å²) in [4.78, 5) is 33.8. The van der Waals surface area contributed by atoms with Crippen molar-refractivity contribution >= 4 is 28.3 Å². The fraction of sp³-hybridized carbons (Fsp3) is 0.120. The lowest BCUT2D eigenvalue weighted by atomic mass is 10.0. The van der Waals surface area contributed by atoms with Crippen molar-refractivity contribution in [3.8, 4) is 22.1 Å². The maximum absolute atomic E-state index is 13.4. The van der Waals surface area contributed by atoms with Crippen molar-refractivity contribution in [1.29, 1.82) is 0 Å². The van der Waals surface area contributed by atoms with Gasteiger partial charge in [-0.25, -0.2) is 13.8 Å². The van der Waals surface area contributed by atoms with Crippen molar-refractivity contribution in [2.24, 2.45) is 0 Å². The van der Waals surface area contributed by atoms with Gasteiger partial charge in [0.05, 0.1) is 0 Å². The van der Waals surface area contributed by atoms with E-state index in [0.29, 0.717) is 27.6 Å². The van der Waals surface area contributed by atoms with Crippen molar-refractivity contribution in [3.05, 3.63) is 90.3 Å². The summed E-state index contributed by atoms with van der Waals surface area (Å²) in [7, 11) is 0. The number of ether oxygens (including phenoxy) is 1. The van der Waals surface area contributed by atoms with Gasteiger partial charge in [0.15, 0.2) is 5.13 Å². The Hall–Kier alpha value is -4.18. The third-order valence-electron chi connectivity index (χ3n) is 4.89. The summed E-state index contributed by atoms with van der Waals surface area (Å²) in [6.45, 7) is 3.12. The second kappa shape index (κ2) is 9.98. The molecular formula is C25H20F2N4O3S. The van der Waals surface area contributed by atoms with Crippen LogP contribution < -0.4 is 15.4 Å². The Bertz CT molecular complexity index is 1340. The zero-order chi connectivity index (χ0) is 25.0. The minimum absolute atomic E-state index is 0.206. The molecular weight excluding hydrogens is 474 g/mol. The van der Waals surface area contributed by atoms with Gasteiger partial charge in [0.25, 0.3) is 11.8 Å². The first-order chi connectivity index (χ1) is 16.7. The van der Waals surface area contributed by atoms with E-state index < -0.39 is 29.0 Å². The third-order valence-corrected chi connectivity index (χ3v) is 5.74. The van der Waals surface area contributed by atoms with E-state index in [2.05, 4.69) is 20.6 Å². The van der Waals surface area contributed by atoms with Gasteiger partial charge in [-0.3, -0.25) is 19.9 Å². The Morgan fingerprint density at radius 3 is 2.14 bits per heavy atom. The maximum atomic E-state index is 13.4. The van der Waals surface area contributed by atoms with Crippen molar-refractivity contribution in [2.75, 3.05) is 5.32 Å². The van der Waals surface area contributed by atoms with Gasteiger partial charge in [-0.15, -0.1) is 0 Å². The van der Waals surface area contributed by atoms with Gasteiger partial charge >= 0.3 is 0 Å². The fourth-order valence-electron chi connectivity index (χ4n) is 3.00. The molecule has 0 fully saturated rings. The largest absolute Gasteiger partial charge is 0.444 e. The van der Waals surface area contributed by atoms with Crippen LogP contribution in [0.3, 0.4) is 0 Å². The van der Waals surface area contributed by atoms with E-state index in [0.717, 1.165) is 11.3 Å². The molecule has 0 spiro atoms. The van der Waals surface area contributed by atoms with E-state index in [1.807, 2.05) is 0 Å². The second-order valence-electron chi connectivity index (χ2n) is 7.99. The van der Waals surface area contributed by atoms with Crippen LogP contribution in [0.5, 0.6) is 10.8 Å². The Morgan fingerprint density at radius 2 is 1.51 bits per heavy atom. The normalized spacial score (nSPS) is 11.1. The number of thiazole rings is 1. The van der Waals surface area contributed by atoms with Gasteiger partial charge in [-0.05, 0) is 74.5 Å². The van der Waals surface area contributed by atoms with E-state index in [1.165, 1.54) is 73.1 Å². The van der Waals surface area contributed by atoms with Gasteiger partial charge < -0.3 is 10.1 Å². The van der Waals surface area contributed by atoms with Crippen LogP contribution in [0.25, 0.3) is 11.3 Å². The molecule has 0 bridgehead atoms. The SMILES string of the molecule is CC(C)(NC(=O)c1ccncc1)C(=O)Nc1nc(-c2ccc(F)cc2)c(Oc2ccc(F)cc2)s1. The van der Waals surface area contributed by atoms with Gasteiger partial charge in [-0.1, -0.05) is 11.3 Å². The predicted octanol–water partition coefficient (Wildman–Crippen LogP) is 5.42. The number of carbonyl (C=O) groups is 2. The number of pyridine rings is 1. The summed E-state index contributed by atoms with van der Waals surface area (Å²) in [6.07, 6.45) is 2.97. The topological polar surface area (TPSA) is 93.2 Å². The average Bonchev–Trinajstić information content (AvgIpc) is 3.23. The number of carbonyl (C=O) groups excluding carboxylic acids is 2. The minimum atomic E-state index is -1.28. The Kier molecular flexibility index (Phi) is 6.83. The van der Waals surface area contributed by atoms with Crippen molar-refractivity contribution in [3.63, 3.8) is 0 Å². The number of halogens is 2. The summed E-state index contributed by atoms with van der Waals surface area (Å²) >= 11 is 1.04. The van der Waals surface area contributed by atoms with Crippen molar-refractivity contribution in [2.45, 2.75) is 19.4 Å². The standard InChI is InChI=1S/C25H20F2N4O3S/c1-25(2,31-21(32)16-11-13-28-14-12-16)23(33)30-24-29-20(15-3-5-17(26)6-4-15)22(35-24)34-19-9-7-18(27)8-10-19/h3-14H,1-2H3,(H,31,32)(H,29,30,33). The van der Waals surface area contributed by atoms with Crippen LogP contribution in [0.1, 0.15) is 24.2 Å². The van der Waals surface area contributed by atoms with Crippen LogP contribution in [0, 0.1) is 11.6 Å². The van der Waals surface area contributed by atoms with E-state index in [4.69, 9.17) is 4.74 Å². The molecule has 0 aliphatic carbocycles. The lowest BCUT2D eigenvalue weighted by Gasteiger charge is -2.24. The molecule has 0 atom stereocenters. The summed E-state index contributed by atoms with van der Waals surface area (Å²) < 4.78 is 32.6. The van der Waals surface area contributed by atoms with Crippen LogP contribution >= 0.6 is 11.3 Å². The lowest BCUT2D eigenvalue weighted by molar-refractivity contribution is -0.120. The molecule has 7 nitrogen and oxygen atoms in total. The van der Waals surface area contributed by atoms with Crippen LogP contribution in [-0.2, 0) is 4.79 Å². The quantitative estimate of drug-likeness (QED) is 0.358. The van der Waals surface area contributed by atoms with E-state index in [9.17, 15) is 18.4 Å². The number of hydrogen-bond donors (Lipinski definition) is 2. The monoisotopic (exact) mass is 494 g/mol. The molecule has 0 aliphatic rings.